The number of esters is 3. The molecule has 0 radical (unpaired) electrons. The number of carboxylic acids is 1. The first-order valence-corrected chi connectivity index (χ1v) is 14.6. The molecule has 3 atom stereocenters. The maximum atomic E-state index is 11.4. The number of rotatable bonds is 12. The number of carbonyl (C=O) groups excluding carboxylic acids is 4. The second-order valence-corrected chi connectivity index (χ2v) is 11.9. The van der Waals surface area contributed by atoms with E-state index in [0.29, 0.717) is 19.4 Å². The molecule has 0 aromatic heterocycles. The number of nitrogens with one attached hydrogen (secondary N) is 1. The molecule has 12 heteroatoms. The molecule has 0 fully saturated rings. The second kappa shape index (κ2) is 25.9. The largest absolute Gasteiger partial charge is 0.481 e. The smallest absolute Gasteiger partial charge is 0.308 e. The summed E-state index contributed by atoms with van der Waals surface area (Å²) in [5.74, 6) is -1.45. The van der Waals surface area contributed by atoms with Crippen molar-refractivity contribution in [2.75, 3.05) is 6.61 Å². The summed E-state index contributed by atoms with van der Waals surface area (Å²) in [6.45, 7) is 22.4. The van der Waals surface area contributed by atoms with Gasteiger partial charge in [0.05, 0.1) is 25.9 Å². The average Bonchev–Trinajstić information content (AvgIpc) is 2.71. The number of amides is 1. The van der Waals surface area contributed by atoms with Crippen LogP contribution in [0.1, 0.15) is 128 Å². The Bertz CT molecular complexity index is 748. The predicted molar refractivity (Wildman–Crippen MR) is 165 cm³/mol. The standard InChI is InChI=1S/C12H23NO3.C8H17NO2.C6H12O2.C4H9NO2/c1-6-7-10(14)13-9(2)8-11(15)16-12(3,4)5;1-6(9)5-7(10)11-8(2,3)4;1-3-5-6(7)8-4-2;1-3(5)2-4(6)7/h9H,6-8H2,1-5H3,(H,13,14);6H,5,9H2,1-4H3;3-5H2,1-2H3;3H,2,5H2,1H3,(H,6,7)/t9-;;;3-/m1..1/s1. The summed E-state index contributed by atoms with van der Waals surface area (Å²) in [5.41, 5.74) is 9.66. The molecule has 0 aromatic carbocycles. The Kier molecular flexibility index (Phi) is 28.6. The summed E-state index contributed by atoms with van der Waals surface area (Å²) in [4.78, 5) is 53.8. The van der Waals surface area contributed by atoms with E-state index < -0.39 is 17.2 Å². The highest BCUT2D eigenvalue weighted by atomic mass is 16.6. The molecular weight excluding hydrogens is 546 g/mol. The number of carboxylic acid groups (broad SMARTS) is 1. The third kappa shape index (κ3) is 47.1. The second-order valence-electron chi connectivity index (χ2n) is 11.9. The van der Waals surface area contributed by atoms with Crippen LogP contribution in [0.25, 0.3) is 0 Å². The van der Waals surface area contributed by atoms with Crippen molar-refractivity contribution in [3.05, 3.63) is 0 Å². The SMILES string of the molecule is CC(N)CC(=O)OC(C)(C)C.CCCC(=O)N[C@H](C)CC(=O)OC(C)(C)C.CCCC(=O)OCC.C[C@@H](N)CC(=O)O. The molecule has 1 unspecified atom stereocenters. The normalized spacial score (nSPS) is 12.6. The molecule has 0 saturated carbocycles. The van der Waals surface area contributed by atoms with Crippen LogP contribution in [0.3, 0.4) is 0 Å². The van der Waals surface area contributed by atoms with E-state index in [9.17, 15) is 24.0 Å². The highest BCUT2D eigenvalue weighted by Crippen LogP contribution is 2.09. The van der Waals surface area contributed by atoms with Crippen molar-refractivity contribution in [1.29, 1.82) is 0 Å². The van der Waals surface area contributed by atoms with Gasteiger partial charge in [-0.25, -0.2) is 0 Å². The number of hydrogen-bond acceptors (Lipinski definition) is 10. The van der Waals surface area contributed by atoms with Gasteiger partial charge in [0.25, 0.3) is 0 Å². The lowest BCUT2D eigenvalue weighted by Gasteiger charge is -2.21. The number of hydrogen-bond donors (Lipinski definition) is 4. The van der Waals surface area contributed by atoms with E-state index in [1.54, 1.807) is 20.8 Å². The van der Waals surface area contributed by atoms with Crippen molar-refractivity contribution in [2.24, 2.45) is 11.5 Å². The average molecular weight is 608 g/mol. The van der Waals surface area contributed by atoms with E-state index in [1.165, 1.54) is 0 Å². The van der Waals surface area contributed by atoms with Crippen LogP contribution in [0.5, 0.6) is 0 Å². The zero-order chi connectivity index (χ0) is 34.1. The minimum Gasteiger partial charge on any atom is -0.481 e. The number of carbonyl (C=O) groups is 5. The summed E-state index contributed by atoms with van der Waals surface area (Å²) in [7, 11) is 0. The first kappa shape index (κ1) is 46.2. The van der Waals surface area contributed by atoms with Crippen LogP contribution in [0.2, 0.25) is 0 Å². The van der Waals surface area contributed by atoms with Gasteiger partial charge in [-0.3, -0.25) is 24.0 Å². The molecule has 0 spiro atoms. The van der Waals surface area contributed by atoms with Gasteiger partial charge < -0.3 is 36.1 Å². The molecule has 0 aliphatic heterocycles. The Morgan fingerprint density at radius 2 is 1.10 bits per heavy atom. The topological polar surface area (TPSA) is 197 Å². The van der Waals surface area contributed by atoms with Crippen LogP contribution in [-0.2, 0) is 38.2 Å². The van der Waals surface area contributed by atoms with Gasteiger partial charge in [0.2, 0.25) is 5.91 Å². The van der Waals surface area contributed by atoms with E-state index in [0.717, 1.165) is 12.8 Å². The Labute approximate surface area is 254 Å². The Morgan fingerprint density at radius 1 is 0.690 bits per heavy atom. The van der Waals surface area contributed by atoms with E-state index in [4.69, 9.17) is 26.0 Å². The first-order chi connectivity index (χ1) is 19.0. The van der Waals surface area contributed by atoms with Crippen molar-refractivity contribution < 1.29 is 43.3 Å². The summed E-state index contributed by atoms with van der Waals surface area (Å²) in [6, 6.07) is -0.517. The van der Waals surface area contributed by atoms with Gasteiger partial charge in [-0.1, -0.05) is 13.8 Å². The quantitative estimate of drug-likeness (QED) is 0.183. The lowest BCUT2D eigenvalue weighted by Crippen LogP contribution is -2.35. The maximum Gasteiger partial charge on any atom is 0.308 e. The molecular formula is C30H61N3O9. The highest BCUT2D eigenvalue weighted by molar-refractivity contribution is 5.77. The first-order valence-electron chi connectivity index (χ1n) is 14.6. The van der Waals surface area contributed by atoms with Gasteiger partial charge in [-0.2, -0.15) is 0 Å². The molecule has 0 bridgehead atoms. The molecule has 250 valence electrons. The van der Waals surface area contributed by atoms with Crippen molar-refractivity contribution >= 4 is 29.8 Å². The van der Waals surface area contributed by atoms with Crippen LogP contribution in [0.15, 0.2) is 0 Å². The van der Waals surface area contributed by atoms with Gasteiger partial charge >= 0.3 is 23.9 Å². The lowest BCUT2D eigenvalue weighted by atomic mass is 10.2. The Balaban J connectivity index is -0.000000243. The van der Waals surface area contributed by atoms with Crippen molar-refractivity contribution in [1.82, 2.24) is 5.32 Å². The van der Waals surface area contributed by atoms with Gasteiger partial charge in [0.15, 0.2) is 0 Å². The van der Waals surface area contributed by atoms with Crippen molar-refractivity contribution in [3.63, 3.8) is 0 Å². The van der Waals surface area contributed by atoms with Gasteiger partial charge in [0.1, 0.15) is 11.2 Å². The third-order valence-corrected chi connectivity index (χ3v) is 3.94. The predicted octanol–water partition coefficient (Wildman–Crippen LogP) is 4.25. The van der Waals surface area contributed by atoms with E-state index >= 15 is 0 Å². The van der Waals surface area contributed by atoms with Crippen molar-refractivity contribution in [3.8, 4) is 0 Å². The maximum absolute atomic E-state index is 11.4. The molecule has 6 N–H and O–H groups in total. The Hall–Kier alpha value is -2.73. The minimum atomic E-state index is -0.838. The highest BCUT2D eigenvalue weighted by Gasteiger charge is 2.19. The monoisotopic (exact) mass is 607 g/mol. The fraction of sp³-hybridized carbons (Fsp3) is 0.833. The number of ether oxygens (including phenoxy) is 3. The van der Waals surface area contributed by atoms with Crippen LogP contribution >= 0.6 is 0 Å². The summed E-state index contributed by atoms with van der Waals surface area (Å²) in [5, 5.41) is 10.8. The van der Waals surface area contributed by atoms with Crippen LogP contribution in [-0.4, -0.2) is 70.8 Å². The van der Waals surface area contributed by atoms with Gasteiger partial charge in [0, 0.05) is 31.0 Å². The Morgan fingerprint density at radius 3 is 1.38 bits per heavy atom. The van der Waals surface area contributed by atoms with Gasteiger partial charge in [-0.15, -0.1) is 0 Å². The molecule has 0 rings (SSSR count). The number of nitrogens with two attached hydrogens (primary N) is 2. The molecule has 0 aliphatic rings. The zero-order valence-electron chi connectivity index (χ0n) is 28.3. The zero-order valence-corrected chi connectivity index (χ0v) is 28.3. The minimum absolute atomic E-state index is 0.0152. The molecule has 0 saturated heterocycles. The lowest BCUT2D eigenvalue weighted by molar-refractivity contribution is -0.156. The molecule has 0 heterocycles. The molecule has 0 aromatic rings. The van der Waals surface area contributed by atoms with Crippen LogP contribution in [0, 0.1) is 0 Å². The van der Waals surface area contributed by atoms with Crippen LogP contribution < -0.4 is 16.8 Å². The molecule has 0 aliphatic carbocycles. The summed E-state index contributed by atoms with van der Waals surface area (Å²) < 4.78 is 14.8. The van der Waals surface area contributed by atoms with E-state index in [-0.39, 0.29) is 61.2 Å². The molecule has 42 heavy (non-hydrogen) atoms. The van der Waals surface area contributed by atoms with Crippen LogP contribution in [0.4, 0.5) is 0 Å². The van der Waals surface area contributed by atoms with Crippen molar-refractivity contribution in [2.45, 2.75) is 157 Å². The van der Waals surface area contributed by atoms with E-state index in [2.05, 4.69) is 10.1 Å². The van der Waals surface area contributed by atoms with Gasteiger partial charge in [-0.05, 0) is 82.1 Å². The fourth-order valence-corrected chi connectivity index (χ4v) is 2.62. The number of aliphatic carboxylic acids is 1. The third-order valence-electron chi connectivity index (χ3n) is 3.94. The summed E-state index contributed by atoms with van der Waals surface area (Å²) >= 11 is 0. The molecule has 12 nitrogen and oxygen atoms in total. The molecule has 1 amide bonds. The fourth-order valence-electron chi connectivity index (χ4n) is 2.62. The summed E-state index contributed by atoms with van der Waals surface area (Å²) in [6.07, 6.45) is 3.29. The van der Waals surface area contributed by atoms with E-state index in [1.807, 2.05) is 62.3 Å².